The van der Waals surface area contributed by atoms with Crippen LogP contribution >= 0.6 is 0 Å². The number of nitrogens with one attached hydrogen (secondary N) is 6. The van der Waals surface area contributed by atoms with E-state index in [9.17, 15) is 58.7 Å². The highest BCUT2D eigenvalue weighted by molar-refractivity contribution is 6.10. The summed E-state index contributed by atoms with van der Waals surface area (Å²) in [5.74, 6) is -7.42. The Morgan fingerprint density at radius 3 is 1.14 bits per heavy atom. The van der Waals surface area contributed by atoms with Gasteiger partial charge in [0.05, 0.1) is 41.0 Å². The number of fused-ring (bicyclic) bond motifs is 8. The van der Waals surface area contributed by atoms with Crippen molar-refractivity contribution < 1.29 is 58.7 Å². The van der Waals surface area contributed by atoms with Crippen LogP contribution in [0.5, 0.6) is 0 Å². The Hall–Kier alpha value is -11.6. The van der Waals surface area contributed by atoms with Gasteiger partial charge in [0.15, 0.2) is 0 Å². The number of halogens is 9. The van der Waals surface area contributed by atoms with Crippen molar-refractivity contribution >= 4 is 92.7 Å². The summed E-state index contributed by atoms with van der Waals surface area (Å²) in [5.41, 5.74) is 4.04. The summed E-state index contributed by atoms with van der Waals surface area (Å²) in [7, 11) is 0. The minimum atomic E-state index is -5.35. The van der Waals surface area contributed by atoms with Crippen molar-refractivity contribution in [2.24, 2.45) is 0 Å². The lowest BCUT2D eigenvalue weighted by Gasteiger charge is -2.15. The Morgan fingerprint density at radius 1 is 0.411 bits per heavy atom. The second-order valence-electron chi connectivity index (χ2n) is 20.5. The molecule has 4 aromatic heterocycles. The summed E-state index contributed by atoms with van der Waals surface area (Å²) in [6.07, 6.45) is -6.47. The molecule has 0 saturated heterocycles. The monoisotopic (exact) mass is 1220 g/mol. The van der Waals surface area contributed by atoms with E-state index in [1.54, 1.807) is 79.3 Å². The van der Waals surface area contributed by atoms with Gasteiger partial charge in [0, 0.05) is 101 Å². The molecular weight excluding hydrogens is 1180 g/mol. The van der Waals surface area contributed by atoms with E-state index in [0.717, 1.165) is 16.8 Å². The average molecular weight is 1220 g/mol. The molecule has 2 aliphatic rings. The van der Waals surface area contributed by atoms with E-state index in [2.05, 4.69) is 20.3 Å². The van der Waals surface area contributed by atoms with Crippen LogP contribution in [0.15, 0.2) is 188 Å². The van der Waals surface area contributed by atoms with Gasteiger partial charge in [-0.25, -0.2) is 15.0 Å². The van der Waals surface area contributed by atoms with Gasteiger partial charge in [-0.1, -0.05) is 115 Å². The Balaban J connectivity index is 1.12. The summed E-state index contributed by atoms with van der Waals surface area (Å²) in [5, 5.41) is 8.92. The molecular formula is C67H43F9N10O4. The number of carbonyl (C=O) groups excluding carboxylic acids is 4. The number of rotatable bonds is 12. The van der Waals surface area contributed by atoms with Crippen LogP contribution in [0.4, 0.5) is 62.3 Å². The lowest BCUT2D eigenvalue weighted by molar-refractivity contribution is -0.167. The van der Waals surface area contributed by atoms with E-state index in [0.29, 0.717) is 17.7 Å². The fourth-order valence-electron chi connectivity index (χ4n) is 10.7. The molecule has 6 heterocycles. The predicted octanol–water partition coefficient (Wildman–Crippen LogP) is 16.0. The maximum atomic E-state index is 14.6. The number of hydrogen-bond acceptors (Lipinski definition) is 7. The lowest BCUT2D eigenvalue weighted by Crippen LogP contribution is -2.30. The van der Waals surface area contributed by atoms with Crippen molar-refractivity contribution in [2.45, 2.75) is 25.1 Å². The number of alkyl halides is 9. The molecule has 0 saturated carbocycles. The number of aromatic amines is 2. The zero-order valence-corrected chi connectivity index (χ0v) is 46.2. The highest BCUT2D eigenvalue weighted by Crippen LogP contribution is 2.44. The number of anilines is 4. The number of hydrogen-bond donors (Lipinski definition) is 6. The Morgan fingerprint density at radius 2 is 0.767 bits per heavy atom. The molecule has 0 spiro atoms. The normalized spacial score (nSPS) is 12.2. The van der Waals surface area contributed by atoms with Gasteiger partial charge in [-0.05, 0) is 96.1 Å². The number of nitrogens with zero attached hydrogens (tertiary/aromatic N) is 4. The van der Waals surface area contributed by atoms with Gasteiger partial charge in [-0.3, -0.25) is 19.2 Å². The molecule has 12 rings (SSSR count). The molecule has 23 heteroatoms. The van der Waals surface area contributed by atoms with Crippen LogP contribution in [0.2, 0.25) is 0 Å². The summed E-state index contributed by atoms with van der Waals surface area (Å²) < 4.78 is 128. The van der Waals surface area contributed by atoms with Crippen LogP contribution < -0.4 is 21.3 Å². The fraction of sp³-hybridized carbons (Fsp3) is 0.0597. The first-order valence-corrected chi connectivity index (χ1v) is 27.3. The predicted molar refractivity (Wildman–Crippen MR) is 326 cm³/mol. The summed E-state index contributed by atoms with van der Waals surface area (Å²) in [4.78, 5) is 73.9. The number of amides is 4. The average Bonchev–Trinajstić information content (AvgIpc) is 3.45. The molecule has 0 fully saturated rings. The topological polar surface area (TPSA) is 192 Å². The van der Waals surface area contributed by atoms with Gasteiger partial charge in [-0.2, -0.15) is 39.5 Å². The number of carbonyl (C=O) groups is 4. The van der Waals surface area contributed by atoms with Crippen LogP contribution in [-0.4, -0.2) is 71.6 Å². The van der Waals surface area contributed by atoms with E-state index in [4.69, 9.17) is 9.97 Å². The van der Waals surface area contributed by atoms with E-state index in [1.807, 2.05) is 56.9 Å². The molecule has 14 nitrogen and oxygen atoms in total. The first kappa shape index (κ1) is 58.7. The standard InChI is InChI=1S/C67H43F9N10O4/c68-65(69,70)62(88)83-45-22-9-5-18-41(45)58-50-27-25-48(78-50)57(40-17-4-8-21-44(40)82-61(87)39-16-12-13-37(33-39)35-86-36-77-34-56(86)38-14-2-1-3-15-38)49-26-28-51(79-49)59(42-19-6-10-23-46(42)84-63(89)66(71,72)73)53-30-32-55(81-53)60(54-31-29-52(58)80-54)43-20-7-11-24-47(43)85-64(90)67(74,75)76/h1-34,36,78,81H,35H2,(H,82,87)(H,83,88)(H,84,89)(H,85,90). The van der Waals surface area contributed by atoms with Gasteiger partial charge in [0.1, 0.15) is 0 Å². The molecule has 0 radical (unpaired) electrons. The third-order valence-corrected chi connectivity index (χ3v) is 14.6. The van der Waals surface area contributed by atoms with Crippen molar-refractivity contribution in [3.63, 3.8) is 0 Å². The maximum absolute atomic E-state index is 14.6. The fourth-order valence-corrected chi connectivity index (χ4v) is 10.7. The van der Waals surface area contributed by atoms with E-state index >= 15 is 0 Å². The first-order chi connectivity index (χ1) is 43.2. The molecule has 4 amide bonds. The molecule has 0 atom stereocenters. The number of H-pyrrole nitrogens is 2. The second-order valence-corrected chi connectivity index (χ2v) is 20.5. The molecule has 6 aromatic carbocycles. The zero-order chi connectivity index (χ0) is 63.1. The van der Waals surface area contributed by atoms with Gasteiger partial charge < -0.3 is 35.8 Å². The molecule has 0 unspecified atom stereocenters. The van der Waals surface area contributed by atoms with Gasteiger partial charge >= 0.3 is 36.3 Å². The Kier molecular flexibility index (Phi) is 15.4. The minimum absolute atomic E-state index is 0.00882. The van der Waals surface area contributed by atoms with Crippen molar-refractivity contribution in [1.82, 2.24) is 29.5 Å². The third kappa shape index (κ3) is 12.0. The number of para-hydroxylation sites is 4. The van der Waals surface area contributed by atoms with Crippen molar-refractivity contribution in [3.05, 3.63) is 222 Å². The lowest BCUT2D eigenvalue weighted by atomic mass is 10.0. The van der Waals surface area contributed by atoms with Gasteiger partial charge in [0.2, 0.25) is 0 Å². The minimum Gasteiger partial charge on any atom is -0.354 e. The van der Waals surface area contributed by atoms with Crippen LogP contribution in [0.1, 0.15) is 38.7 Å². The maximum Gasteiger partial charge on any atom is 0.471 e. The van der Waals surface area contributed by atoms with Crippen LogP contribution in [0.3, 0.4) is 0 Å². The van der Waals surface area contributed by atoms with Gasteiger partial charge in [-0.15, -0.1) is 0 Å². The van der Waals surface area contributed by atoms with Crippen LogP contribution in [-0.2, 0) is 20.9 Å². The van der Waals surface area contributed by atoms with Crippen LogP contribution in [0, 0.1) is 0 Å². The molecule has 10 aromatic rings. The Bertz CT molecular complexity index is 4700. The molecule has 448 valence electrons. The third-order valence-electron chi connectivity index (χ3n) is 14.6. The van der Waals surface area contributed by atoms with E-state index < -0.39 is 42.2 Å². The van der Waals surface area contributed by atoms with E-state index in [1.165, 1.54) is 97.1 Å². The number of benzene rings is 6. The van der Waals surface area contributed by atoms with Crippen molar-refractivity contribution in [1.29, 1.82) is 0 Å². The second kappa shape index (κ2) is 23.6. The highest BCUT2D eigenvalue weighted by Gasteiger charge is 2.41. The summed E-state index contributed by atoms with van der Waals surface area (Å²) in [6, 6.07) is 46.3. The smallest absolute Gasteiger partial charge is 0.354 e. The molecule has 2 aliphatic heterocycles. The van der Waals surface area contributed by atoms with Gasteiger partial charge in [0.25, 0.3) is 5.91 Å². The van der Waals surface area contributed by atoms with Crippen molar-refractivity contribution in [3.8, 4) is 55.8 Å². The number of imidazole rings is 1. The first-order valence-electron chi connectivity index (χ1n) is 27.3. The molecule has 6 N–H and O–H groups in total. The zero-order valence-electron chi connectivity index (χ0n) is 46.2. The van der Waals surface area contributed by atoms with E-state index in [-0.39, 0.29) is 107 Å². The SMILES string of the molecule is O=C(Nc1ccccc1-c1c2nc(c(-c3ccccc3NC(=O)C(F)(F)F)c3ccc([nH]3)c(-c3ccccc3NC(=O)C(F)(F)F)c3nc(c(-c4ccccc4NC(=O)C(F)(F)F)c4ccc1[nH]4)C=C3)C=C2)c1cccc(Cn2cncc2-c2ccccc2)c1. The molecule has 0 aliphatic carbocycles. The Labute approximate surface area is 503 Å². The molecule has 90 heavy (non-hydrogen) atoms. The summed E-state index contributed by atoms with van der Waals surface area (Å²) >= 11 is 0. The van der Waals surface area contributed by atoms with Crippen LogP contribution in [0.25, 0.3) is 102 Å². The number of aromatic nitrogens is 6. The quantitative estimate of drug-likeness (QED) is 0.0656. The summed E-state index contributed by atoms with van der Waals surface area (Å²) in [6.45, 7) is 0.361. The molecule has 8 bridgehead atoms. The largest absolute Gasteiger partial charge is 0.471 e. The highest BCUT2D eigenvalue weighted by atomic mass is 19.4. The van der Waals surface area contributed by atoms with Crippen molar-refractivity contribution in [2.75, 3.05) is 21.3 Å².